The molecule has 17 heavy (non-hydrogen) atoms. The molecule has 0 radical (unpaired) electrons. The number of hydrogen-bond acceptors (Lipinski definition) is 0. The van der Waals surface area contributed by atoms with Crippen LogP contribution < -0.4 is 0 Å². The standard InChI is InChI=1S/C16H19N/c1-17-12-14(11-13-7-3-2-4-8-13)15-9-5-6-10-16(15)17/h5-6,9-12H,2-4,7-8H2,1H3. The van der Waals surface area contributed by atoms with E-state index in [-0.39, 0.29) is 0 Å². The molecule has 1 nitrogen and oxygen atoms in total. The van der Waals surface area contributed by atoms with E-state index in [1.807, 2.05) is 0 Å². The van der Waals surface area contributed by atoms with Crippen molar-refractivity contribution >= 4 is 17.0 Å². The number of aryl methyl sites for hydroxylation is 1. The average molecular weight is 225 g/mol. The number of aromatic nitrogens is 1. The molecule has 0 bridgehead atoms. The molecule has 1 heteroatoms. The highest BCUT2D eigenvalue weighted by atomic mass is 14.9. The van der Waals surface area contributed by atoms with Crippen LogP contribution in [0, 0.1) is 0 Å². The highest BCUT2D eigenvalue weighted by Gasteiger charge is 2.08. The van der Waals surface area contributed by atoms with Crippen molar-refractivity contribution in [2.45, 2.75) is 32.1 Å². The van der Waals surface area contributed by atoms with Crippen LogP contribution in [0.2, 0.25) is 0 Å². The molecule has 0 saturated heterocycles. The van der Waals surface area contributed by atoms with Gasteiger partial charge in [0.1, 0.15) is 0 Å². The van der Waals surface area contributed by atoms with Crippen molar-refractivity contribution in [3.63, 3.8) is 0 Å². The third kappa shape index (κ3) is 2.02. The maximum atomic E-state index is 2.42. The summed E-state index contributed by atoms with van der Waals surface area (Å²) in [5.74, 6) is 0. The molecular formula is C16H19N. The number of benzene rings is 1. The van der Waals surface area contributed by atoms with E-state index >= 15 is 0 Å². The lowest BCUT2D eigenvalue weighted by Gasteiger charge is -2.12. The maximum Gasteiger partial charge on any atom is 0.0483 e. The molecule has 1 fully saturated rings. The van der Waals surface area contributed by atoms with Gasteiger partial charge in [-0.1, -0.05) is 36.3 Å². The van der Waals surface area contributed by atoms with Crippen LogP contribution in [0.4, 0.5) is 0 Å². The predicted octanol–water partition coefficient (Wildman–Crippen LogP) is 4.53. The summed E-state index contributed by atoms with van der Waals surface area (Å²) in [6.45, 7) is 0. The largest absolute Gasteiger partial charge is 0.350 e. The summed E-state index contributed by atoms with van der Waals surface area (Å²) in [7, 11) is 2.13. The first kappa shape index (κ1) is 10.6. The second-order valence-electron chi connectivity index (χ2n) is 5.08. The summed E-state index contributed by atoms with van der Waals surface area (Å²) in [6, 6.07) is 8.66. The summed E-state index contributed by atoms with van der Waals surface area (Å²) in [4.78, 5) is 0. The maximum absolute atomic E-state index is 2.42. The number of rotatable bonds is 1. The highest BCUT2D eigenvalue weighted by Crippen LogP contribution is 2.28. The van der Waals surface area contributed by atoms with Crippen molar-refractivity contribution in [1.29, 1.82) is 0 Å². The topological polar surface area (TPSA) is 4.93 Å². The summed E-state index contributed by atoms with van der Waals surface area (Å²) in [6.07, 6.45) is 11.4. The smallest absolute Gasteiger partial charge is 0.0483 e. The average Bonchev–Trinajstić information content (AvgIpc) is 2.69. The lowest BCUT2D eigenvalue weighted by molar-refractivity contribution is 0.602. The minimum absolute atomic E-state index is 1.29. The molecule has 1 aromatic heterocycles. The molecule has 0 spiro atoms. The first-order chi connectivity index (χ1) is 8.34. The molecule has 2 aromatic rings. The van der Waals surface area contributed by atoms with Gasteiger partial charge in [0.05, 0.1) is 0 Å². The van der Waals surface area contributed by atoms with E-state index < -0.39 is 0 Å². The number of fused-ring (bicyclic) bond motifs is 1. The van der Waals surface area contributed by atoms with E-state index in [0.717, 1.165) is 0 Å². The third-order valence-corrected chi connectivity index (χ3v) is 3.78. The molecular weight excluding hydrogens is 206 g/mol. The van der Waals surface area contributed by atoms with Gasteiger partial charge in [-0.25, -0.2) is 0 Å². The minimum atomic E-state index is 1.29. The van der Waals surface area contributed by atoms with E-state index in [1.165, 1.54) is 48.6 Å². The lowest BCUT2D eigenvalue weighted by atomic mass is 9.93. The van der Waals surface area contributed by atoms with Gasteiger partial charge in [0.25, 0.3) is 0 Å². The van der Waals surface area contributed by atoms with Crippen LogP contribution in [0.3, 0.4) is 0 Å². The first-order valence-corrected chi connectivity index (χ1v) is 6.58. The number of allylic oxidation sites excluding steroid dienone is 1. The van der Waals surface area contributed by atoms with Crippen LogP contribution in [0.25, 0.3) is 17.0 Å². The molecule has 1 heterocycles. The quantitative estimate of drug-likeness (QED) is 0.672. The fourth-order valence-corrected chi connectivity index (χ4v) is 2.86. The molecule has 0 unspecified atom stereocenters. The molecule has 0 N–H and O–H groups in total. The Balaban J connectivity index is 2.05. The van der Waals surface area contributed by atoms with Gasteiger partial charge in [-0.3, -0.25) is 0 Å². The summed E-state index contributed by atoms with van der Waals surface area (Å²) in [5.41, 5.74) is 4.35. The molecule has 1 aromatic carbocycles. The molecule has 0 amide bonds. The van der Waals surface area contributed by atoms with Crippen molar-refractivity contribution in [2.24, 2.45) is 7.05 Å². The van der Waals surface area contributed by atoms with Gasteiger partial charge in [0.15, 0.2) is 0 Å². The van der Waals surface area contributed by atoms with Crippen molar-refractivity contribution < 1.29 is 0 Å². The Morgan fingerprint density at radius 3 is 2.65 bits per heavy atom. The molecule has 3 rings (SSSR count). The number of nitrogens with zero attached hydrogens (tertiary/aromatic N) is 1. The van der Waals surface area contributed by atoms with Gasteiger partial charge >= 0.3 is 0 Å². The van der Waals surface area contributed by atoms with Gasteiger partial charge in [-0.15, -0.1) is 0 Å². The Hall–Kier alpha value is -1.50. The van der Waals surface area contributed by atoms with Crippen molar-refractivity contribution in [1.82, 2.24) is 4.57 Å². The van der Waals surface area contributed by atoms with Crippen LogP contribution in [0.5, 0.6) is 0 Å². The van der Waals surface area contributed by atoms with Crippen LogP contribution in [0.15, 0.2) is 36.0 Å². The predicted molar refractivity (Wildman–Crippen MR) is 74.0 cm³/mol. The SMILES string of the molecule is Cn1cc(C=C2CCCCC2)c2ccccc21. The van der Waals surface area contributed by atoms with Crippen LogP contribution in [-0.4, -0.2) is 4.57 Å². The Labute approximate surface area is 103 Å². The second-order valence-corrected chi connectivity index (χ2v) is 5.08. The Morgan fingerprint density at radius 1 is 1.06 bits per heavy atom. The molecule has 0 atom stereocenters. The fraction of sp³-hybridized carbons (Fsp3) is 0.375. The van der Waals surface area contributed by atoms with E-state index in [2.05, 4.69) is 48.2 Å². The zero-order valence-corrected chi connectivity index (χ0v) is 10.4. The van der Waals surface area contributed by atoms with E-state index in [0.29, 0.717) is 0 Å². The van der Waals surface area contributed by atoms with Crippen LogP contribution in [0.1, 0.15) is 37.7 Å². The lowest BCUT2D eigenvalue weighted by Crippen LogP contribution is -1.92. The minimum Gasteiger partial charge on any atom is -0.350 e. The number of para-hydroxylation sites is 1. The van der Waals surface area contributed by atoms with E-state index in [1.54, 1.807) is 5.57 Å². The third-order valence-electron chi connectivity index (χ3n) is 3.78. The molecule has 0 aliphatic heterocycles. The summed E-state index contributed by atoms with van der Waals surface area (Å²) in [5, 5.41) is 1.38. The molecule has 1 aliphatic rings. The van der Waals surface area contributed by atoms with E-state index in [9.17, 15) is 0 Å². The summed E-state index contributed by atoms with van der Waals surface area (Å²) < 4.78 is 2.23. The Morgan fingerprint density at radius 2 is 1.82 bits per heavy atom. The van der Waals surface area contributed by atoms with Gasteiger partial charge in [0, 0.05) is 24.1 Å². The van der Waals surface area contributed by atoms with Gasteiger partial charge in [-0.2, -0.15) is 0 Å². The van der Waals surface area contributed by atoms with Gasteiger partial charge < -0.3 is 4.57 Å². The zero-order valence-electron chi connectivity index (χ0n) is 10.4. The fourth-order valence-electron chi connectivity index (χ4n) is 2.86. The Kier molecular flexibility index (Phi) is 2.76. The monoisotopic (exact) mass is 225 g/mol. The van der Waals surface area contributed by atoms with Crippen molar-refractivity contribution in [3.05, 3.63) is 41.6 Å². The molecule has 88 valence electrons. The number of hydrogen-bond donors (Lipinski definition) is 0. The van der Waals surface area contributed by atoms with Crippen molar-refractivity contribution in [3.8, 4) is 0 Å². The van der Waals surface area contributed by atoms with Crippen LogP contribution in [-0.2, 0) is 7.05 Å². The second kappa shape index (κ2) is 4.40. The first-order valence-electron chi connectivity index (χ1n) is 6.58. The molecule has 1 saturated carbocycles. The molecule has 1 aliphatic carbocycles. The van der Waals surface area contributed by atoms with Crippen LogP contribution >= 0.6 is 0 Å². The highest BCUT2D eigenvalue weighted by molar-refractivity contribution is 5.89. The van der Waals surface area contributed by atoms with Crippen molar-refractivity contribution in [2.75, 3.05) is 0 Å². The van der Waals surface area contributed by atoms with Gasteiger partial charge in [-0.05, 0) is 37.3 Å². The van der Waals surface area contributed by atoms with Gasteiger partial charge in [0.2, 0.25) is 0 Å². The zero-order chi connectivity index (χ0) is 11.7. The van der Waals surface area contributed by atoms with E-state index in [4.69, 9.17) is 0 Å². The normalized spacial score (nSPS) is 16.4. The Bertz CT molecular complexity index is 552. The summed E-state index contributed by atoms with van der Waals surface area (Å²) >= 11 is 0.